The van der Waals surface area contributed by atoms with Crippen LogP contribution in [0.4, 0.5) is 0 Å². The van der Waals surface area contributed by atoms with Gasteiger partial charge in [-0.25, -0.2) is 4.79 Å². The highest BCUT2D eigenvalue weighted by Crippen LogP contribution is 2.39. The van der Waals surface area contributed by atoms with Gasteiger partial charge < -0.3 is 28.4 Å². The summed E-state index contributed by atoms with van der Waals surface area (Å²) in [5.41, 5.74) is 3.48. The molecule has 0 unspecified atom stereocenters. The van der Waals surface area contributed by atoms with Gasteiger partial charge in [0.2, 0.25) is 18.3 Å². The summed E-state index contributed by atoms with van der Waals surface area (Å²) in [6.07, 6.45) is -4.01. The van der Waals surface area contributed by atoms with Gasteiger partial charge in [0.25, 0.3) is 0 Å². The van der Waals surface area contributed by atoms with Gasteiger partial charge in [-0.2, -0.15) is 10.1 Å². The van der Waals surface area contributed by atoms with Crippen LogP contribution in [0.3, 0.4) is 0 Å². The van der Waals surface area contributed by atoms with Gasteiger partial charge >= 0.3 is 23.9 Å². The molecule has 5 atom stereocenters. The van der Waals surface area contributed by atoms with E-state index in [4.69, 9.17) is 38.5 Å². The lowest BCUT2D eigenvalue weighted by Crippen LogP contribution is -2.64. The number of aromatic nitrogens is 3. The second-order valence-electron chi connectivity index (χ2n) is 10.2. The minimum atomic E-state index is -1.56. The third kappa shape index (κ3) is 5.74. The summed E-state index contributed by atoms with van der Waals surface area (Å²) >= 11 is 0. The number of hydrogen-bond donors (Lipinski definition) is 0. The Morgan fingerprint density at radius 1 is 0.900 bits per heavy atom. The number of hydrogen-bond acceptors (Lipinski definition) is 12. The van der Waals surface area contributed by atoms with Gasteiger partial charge in [-0.3, -0.25) is 19.1 Å². The fourth-order valence-corrected chi connectivity index (χ4v) is 5.32. The maximum atomic E-state index is 12.8. The molecule has 3 heterocycles. The van der Waals surface area contributed by atoms with E-state index in [1.807, 2.05) is 0 Å². The van der Waals surface area contributed by atoms with Crippen molar-refractivity contribution in [2.45, 2.75) is 96.9 Å². The Bertz CT molecular complexity index is 1320. The summed E-state index contributed by atoms with van der Waals surface area (Å²) in [5, 5.41) is 5.69. The minimum Gasteiger partial charge on any atom is -0.467 e. The molecular weight excluding hydrogens is 526 g/mol. The predicted octanol–water partition coefficient (Wildman–Crippen LogP) is 2.04. The van der Waals surface area contributed by atoms with Crippen LogP contribution >= 0.6 is 0 Å². The topological polar surface area (TPSA) is 154 Å². The van der Waals surface area contributed by atoms with Gasteiger partial charge in [0, 0.05) is 38.8 Å². The number of carbonyl (C=O) groups is 4. The van der Waals surface area contributed by atoms with Crippen LogP contribution in [0.25, 0.3) is 11.0 Å². The Kier molecular flexibility index (Phi) is 8.62. The molecule has 1 fully saturated rings. The molecule has 13 heteroatoms. The van der Waals surface area contributed by atoms with E-state index < -0.39 is 54.6 Å². The van der Waals surface area contributed by atoms with Crippen LogP contribution in [-0.2, 0) is 62.8 Å². The first-order valence-corrected chi connectivity index (χ1v) is 13.2. The highest BCUT2D eigenvalue weighted by Gasteiger charge is 2.56. The monoisotopic (exact) mass is 561 g/mol. The second-order valence-corrected chi connectivity index (χ2v) is 10.2. The number of methoxy groups -OCH3 is 1. The van der Waals surface area contributed by atoms with Crippen LogP contribution in [0.15, 0.2) is 0 Å². The van der Waals surface area contributed by atoms with Gasteiger partial charge in [0.05, 0.1) is 12.8 Å². The predicted molar refractivity (Wildman–Crippen MR) is 137 cm³/mol. The van der Waals surface area contributed by atoms with Crippen molar-refractivity contribution in [2.75, 3.05) is 7.11 Å². The average molecular weight is 562 g/mol. The van der Waals surface area contributed by atoms with Gasteiger partial charge in [-0.1, -0.05) is 13.8 Å². The van der Waals surface area contributed by atoms with E-state index in [0.717, 1.165) is 69.4 Å². The van der Waals surface area contributed by atoms with Gasteiger partial charge in [-0.05, 0) is 37.2 Å². The normalized spacial score (nSPS) is 24.2. The van der Waals surface area contributed by atoms with E-state index in [2.05, 4.69) is 13.8 Å². The average Bonchev–Trinajstić information content (AvgIpc) is 3.22. The van der Waals surface area contributed by atoms with Crippen molar-refractivity contribution < 1.29 is 47.6 Å². The van der Waals surface area contributed by atoms with Crippen LogP contribution in [-0.4, -0.2) is 76.5 Å². The van der Waals surface area contributed by atoms with Crippen LogP contribution in [0, 0.1) is 0 Å². The SMILES string of the molecule is COC(=O)[C@H]1O[C@@H](Oc2nc3c(c(C(C)C)nn3C)c3c2CCCC3)[C@H](OC(C)=O)[C@@H](OC(C)=O)[C@@H]1OC(C)=O. The molecule has 218 valence electrons. The number of fused-ring (bicyclic) bond motifs is 3. The van der Waals surface area contributed by atoms with E-state index in [-0.39, 0.29) is 11.8 Å². The van der Waals surface area contributed by atoms with Crippen LogP contribution in [0.1, 0.15) is 70.2 Å². The summed E-state index contributed by atoms with van der Waals surface area (Å²) in [6.45, 7) is 7.55. The molecule has 1 saturated heterocycles. The van der Waals surface area contributed by atoms with Crippen LogP contribution in [0.5, 0.6) is 5.88 Å². The Hall–Kier alpha value is -3.74. The quantitative estimate of drug-likeness (QED) is 0.359. The zero-order chi connectivity index (χ0) is 29.3. The molecule has 4 rings (SSSR count). The molecule has 0 bridgehead atoms. The van der Waals surface area contributed by atoms with Gasteiger partial charge in [0.15, 0.2) is 24.0 Å². The molecule has 0 radical (unpaired) electrons. The molecule has 1 aliphatic heterocycles. The lowest BCUT2D eigenvalue weighted by atomic mass is 9.89. The molecule has 2 aromatic heterocycles. The molecule has 0 amide bonds. The number of ether oxygens (including phenoxy) is 6. The van der Waals surface area contributed by atoms with Crippen LogP contribution < -0.4 is 4.74 Å². The Morgan fingerprint density at radius 3 is 2.05 bits per heavy atom. The third-order valence-electron chi connectivity index (χ3n) is 6.89. The Morgan fingerprint density at radius 2 is 1.48 bits per heavy atom. The van der Waals surface area contributed by atoms with E-state index in [0.29, 0.717) is 12.1 Å². The molecule has 1 aliphatic carbocycles. The zero-order valence-corrected chi connectivity index (χ0v) is 23.7. The maximum absolute atomic E-state index is 12.8. The third-order valence-corrected chi connectivity index (χ3v) is 6.89. The fourth-order valence-electron chi connectivity index (χ4n) is 5.32. The summed E-state index contributed by atoms with van der Waals surface area (Å²) in [4.78, 5) is 53.8. The fraction of sp³-hybridized carbons (Fsp3) is 0.630. The van der Waals surface area contributed by atoms with Crippen molar-refractivity contribution >= 4 is 34.9 Å². The molecule has 2 aliphatic rings. The maximum Gasteiger partial charge on any atom is 0.339 e. The number of carbonyl (C=O) groups excluding carboxylic acids is 4. The first kappa shape index (κ1) is 29.2. The van der Waals surface area contributed by atoms with Crippen molar-refractivity contribution in [2.24, 2.45) is 7.05 Å². The van der Waals surface area contributed by atoms with Gasteiger partial charge in [0.1, 0.15) is 0 Å². The summed E-state index contributed by atoms with van der Waals surface area (Å²) in [6, 6.07) is 0. The Balaban J connectivity index is 1.85. The lowest BCUT2D eigenvalue weighted by molar-refractivity contribution is -0.283. The van der Waals surface area contributed by atoms with Gasteiger partial charge in [-0.15, -0.1) is 0 Å². The van der Waals surface area contributed by atoms with E-state index in [9.17, 15) is 19.2 Å². The number of nitrogens with zero attached hydrogens (tertiary/aromatic N) is 3. The number of pyridine rings is 1. The second kappa shape index (κ2) is 11.8. The number of esters is 4. The van der Waals surface area contributed by atoms with Crippen molar-refractivity contribution in [1.82, 2.24) is 14.8 Å². The molecule has 13 nitrogen and oxygen atoms in total. The van der Waals surface area contributed by atoms with Crippen LogP contribution in [0.2, 0.25) is 0 Å². The number of aryl methyl sites for hydroxylation is 2. The van der Waals surface area contributed by atoms with E-state index in [1.165, 1.54) is 0 Å². The molecule has 0 aromatic carbocycles. The van der Waals surface area contributed by atoms with E-state index >= 15 is 0 Å². The molecule has 0 spiro atoms. The molecule has 2 aromatic rings. The zero-order valence-electron chi connectivity index (χ0n) is 23.7. The number of rotatable bonds is 7. The van der Waals surface area contributed by atoms with E-state index in [1.54, 1.807) is 11.7 Å². The molecule has 40 heavy (non-hydrogen) atoms. The minimum absolute atomic E-state index is 0.168. The summed E-state index contributed by atoms with van der Waals surface area (Å²) in [7, 11) is 2.93. The molecule has 0 N–H and O–H groups in total. The highest BCUT2D eigenvalue weighted by molar-refractivity contribution is 5.85. The summed E-state index contributed by atoms with van der Waals surface area (Å²) in [5.74, 6) is -2.80. The molecule has 0 saturated carbocycles. The van der Waals surface area contributed by atoms with Crippen molar-refractivity contribution in [1.29, 1.82) is 0 Å². The lowest BCUT2D eigenvalue weighted by Gasteiger charge is -2.43. The van der Waals surface area contributed by atoms with Crippen molar-refractivity contribution in [3.63, 3.8) is 0 Å². The first-order valence-electron chi connectivity index (χ1n) is 13.2. The Labute approximate surface area is 231 Å². The standard InChI is InChI=1S/C27H35N3O10/c1-12(2)19-18-16-10-8-9-11-17(16)25(28-24(18)30(6)29-19)40-27-23(38-15(5)33)21(37-14(4)32)20(36-13(3)31)22(39-27)26(34)35-7/h12,20-23,27H,8-11H2,1-7H3/t20-,21-,22-,23+,27-/m0/s1. The highest BCUT2D eigenvalue weighted by atomic mass is 16.7. The smallest absolute Gasteiger partial charge is 0.339 e. The first-order chi connectivity index (χ1) is 18.9. The van der Waals surface area contributed by atoms with Crippen molar-refractivity contribution in [3.05, 3.63) is 16.8 Å². The van der Waals surface area contributed by atoms with Crippen molar-refractivity contribution in [3.8, 4) is 5.88 Å². The largest absolute Gasteiger partial charge is 0.467 e. The molecular formula is C27H35N3O10. The summed E-state index contributed by atoms with van der Waals surface area (Å²) < 4.78 is 35.1.